The molecule has 1 saturated carbocycles. The SMILES string of the molecule is O=[N+]([O-])c1ccc2c(c1)C=C1CCCCC1(NCc1ccco1)O2. The topological polar surface area (TPSA) is 77.5 Å². The lowest BCUT2D eigenvalue weighted by molar-refractivity contribution is -0.384. The average molecular weight is 326 g/mol. The molecule has 2 aliphatic rings. The maximum atomic E-state index is 11.0. The number of nitro benzene ring substituents is 1. The Morgan fingerprint density at radius 1 is 1.29 bits per heavy atom. The molecule has 4 rings (SSSR count). The number of non-ortho nitro benzene ring substituents is 1. The molecule has 2 heterocycles. The number of furan rings is 1. The van der Waals surface area contributed by atoms with E-state index in [1.807, 2.05) is 18.2 Å². The van der Waals surface area contributed by atoms with Crippen LogP contribution in [0.4, 0.5) is 5.69 Å². The summed E-state index contributed by atoms with van der Waals surface area (Å²) in [4.78, 5) is 10.6. The summed E-state index contributed by atoms with van der Waals surface area (Å²) in [6.45, 7) is 0.576. The Morgan fingerprint density at radius 2 is 2.21 bits per heavy atom. The number of hydrogen-bond donors (Lipinski definition) is 1. The molecule has 2 aromatic rings. The van der Waals surface area contributed by atoms with Crippen molar-refractivity contribution in [2.24, 2.45) is 0 Å². The van der Waals surface area contributed by atoms with Crippen LogP contribution in [0.25, 0.3) is 6.08 Å². The lowest BCUT2D eigenvalue weighted by Gasteiger charge is -2.43. The number of hydrogen-bond acceptors (Lipinski definition) is 5. The molecule has 1 N–H and O–H groups in total. The van der Waals surface area contributed by atoms with Gasteiger partial charge in [-0.25, -0.2) is 0 Å². The molecule has 1 aliphatic heterocycles. The number of nitro groups is 1. The summed E-state index contributed by atoms with van der Waals surface area (Å²) in [5, 5.41) is 14.5. The third kappa shape index (κ3) is 2.59. The molecule has 1 atom stereocenters. The van der Waals surface area contributed by atoms with Crippen molar-refractivity contribution in [1.29, 1.82) is 0 Å². The van der Waals surface area contributed by atoms with Gasteiger partial charge in [0.2, 0.25) is 0 Å². The maximum absolute atomic E-state index is 11.0. The number of fused-ring (bicyclic) bond motifs is 2. The largest absolute Gasteiger partial charge is 0.468 e. The predicted octanol–water partition coefficient (Wildman–Crippen LogP) is 4.02. The summed E-state index contributed by atoms with van der Waals surface area (Å²) in [5.41, 5.74) is 1.46. The molecular formula is C18H18N2O4. The van der Waals surface area contributed by atoms with E-state index < -0.39 is 5.72 Å². The normalized spacial score (nSPS) is 22.1. The Bertz CT molecular complexity index is 797. The zero-order chi connectivity index (χ0) is 16.6. The summed E-state index contributed by atoms with van der Waals surface area (Å²) in [6.07, 6.45) is 7.67. The zero-order valence-corrected chi connectivity index (χ0v) is 13.2. The summed E-state index contributed by atoms with van der Waals surface area (Å²) in [7, 11) is 0. The fourth-order valence-electron chi connectivity index (χ4n) is 3.47. The molecule has 1 unspecified atom stereocenters. The van der Waals surface area contributed by atoms with Crippen molar-refractivity contribution in [2.45, 2.75) is 38.0 Å². The van der Waals surface area contributed by atoms with Crippen molar-refractivity contribution in [3.05, 3.63) is 63.6 Å². The van der Waals surface area contributed by atoms with Gasteiger partial charge in [0, 0.05) is 24.1 Å². The van der Waals surface area contributed by atoms with E-state index in [2.05, 4.69) is 5.32 Å². The molecular weight excluding hydrogens is 308 g/mol. The van der Waals surface area contributed by atoms with Gasteiger partial charge in [0.15, 0.2) is 5.72 Å². The van der Waals surface area contributed by atoms with Gasteiger partial charge in [0.05, 0.1) is 17.7 Å². The van der Waals surface area contributed by atoms with Gasteiger partial charge >= 0.3 is 0 Å². The third-order valence-electron chi connectivity index (χ3n) is 4.69. The summed E-state index contributed by atoms with van der Waals surface area (Å²) < 4.78 is 11.7. The fraction of sp³-hybridized carbons (Fsp3) is 0.333. The molecule has 0 spiro atoms. The molecule has 124 valence electrons. The Morgan fingerprint density at radius 3 is 3.00 bits per heavy atom. The monoisotopic (exact) mass is 326 g/mol. The lowest BCUT2D eigenvalue weighted by atomic mass is 9.83. The second-order valence-electron chi connectivity index (χ2n) is 6.22. The van der Waals surface area contributed by atoms with Crippen LogP contribution in [0.1, 0.15) is 37.0 Å². The predicted molar refractivity (Wildman–Crippen MR) is 88.4 cm³/mol. The maximum Gasteiger partial charge on any atom is 0.270 e. The first-order chi connectivity index (χ1) is 11.7. The Balaban J connectivity index is 1.66. The highest BCUT2D eigenvalue weighted by Crippen LogP contribution is 2.43. The van der Waals surface area contributed by atoms with Crippen molar-refractivity contribution in [1.82, 2.24) is 5.32 Å². The van der Waals surface area contributed by atoms with Crippen LogP contribution in [0.15, 0.2) is 46.6 Å². The van der Waals surface area contributed by atoms with E-state index >= 15 is 0 Å². The van der Waals surface area contributed by atoms with E-state index in [-0.39, 0.29) is 10.6 Å². The number of rotatable bonds is 4. The van der Waals surface area contributed by atoms with Gasteiger partial charge in [-0.3, -0.25) is 15.4 Å². The Labute approximate surface area is 139 Å². The van der Waals surface area contributed by atoms with Crippen LogP contribution < -0.4 is 10.1 Å². The second kappa shape index (κ2) is 5.79. The molecule has 1 aromatic carbocycles. The van der Waals surface area contributed by atoms with Crippen molar-refractivity contribution in [2.75, 3.05) is 0 Å². The Hall–Kier alpha value is -2.60. The number of nitrogens with one attached hydrogen (secondary N) is 1. The lowest BCUT2D eigenvalue weighted by Crippen LogP contribution is -2.54. The average Bonchev–Trinajstić information content (AvgIpc) is 3.11. The van der Waals surface area contributed by atoms with Crippen LogP contribution in [-0.4, -0.2) is 10.6 Å². The smallest absolute Gasteiger partial charge is 0.270 e. The van der Waals surface area contributed by atoms with Crippen LogP contribution in [0.3, 0.4) is 0 Å². The van der Waals surface area contributed by atoms with Gasteiger partial charge in [-0.05, 0) is 49.1 Å². The second-order valence-corrected chi connectivity index (χ2v) is 6.22. The Kier molecular flexibility index (Phi) is 3.61. The molecule has 1 aromatic heterocycles. The highest BCUT2D eigenvalue weighted by atomic mass is 16.6. The molecule has 0 amide bonds. The van der Waals surface area contributed by atoms with Gasteiger partial charge in [-0.2, -0.15) is 0 Å². The van der Waals surface area contributed by atoms with Crippen molar-refractivity contribution >= 4 is 11.8 Å². The molecule has 6 heteroatoms. The van der Waals surface area contributed by atoms with Crippen molar-refractivity contribution in [3.63, 3.8) is 0 Å². The summed E-state index contributed by atoms with van der Waals surface area (Å²) in [6, 6.07) is 8.54. The molecule has 6 nitrogen and oxygen atoms in total. The minimum Gasteiger partial charge on any atom is -0.468 e. The highest BCUT2D eigenvalue weighted by Gasteiger charge is 2.41. The molecule has 0 saturated heterocycles. The minimum atomic E-state index is -0.547. The van der Waals surface area contributed by atoms with Gasteiger partial charge in [0.1, 0.15) is 11.5 Å². The van der Waals surface area contributed by atoms with E-state index in [4.69, 9.17) is 9.15 Å². The number of ether oxygens (including phenoxy) is 1. The van der Waals surface area contributed by atoms with E-state index in [9.17, 15) is 10.1 Å². The van der Waals surface area contributed by atoms with Crippen molar-refractivity contribution < 1.29 is 14.1 Å². The van der Waals surface area contributed by atoms with Crippen LogP contribution in [0.2, 0.25) is 0 Å². The summed E-state index contributed by atoms with van der Waals surface area (Å²) >= 11 is 0. The van der Waals surface area contributed by atoms with Gasteiger partial charge in [-0.1, -0.05) is 0 Å². The van der Waals surface area contributed by atoms with Crippen LogP contribution >= 0.6 is 0 Å². The van der Waals surface area contributed by atoms with E-state index in [1.54, 1.807) is 18.4 Å². The number of nitrogens with zero attached hydrogens (tertiary/aromatic N) is 1. The highest BCUT2D eigenvalue weighted by molar-refractivity contribution is 5.67. The quantitative estimate of drug-likeness (QED) is 0.678. The fourth-order valence-corrected chi connectivity index (χ4v) is 3.47. The van der Waals surface area contributed by atoms with Crippen LogP contribution in [-0.2, 0) is 6.54 Å². The molecule has 1 fully saturated rings. The molecule has 24 heavy (non-hydrogen) atoms. The summed E-state index contributed by atoms with van der Waals surface area (Å²) in [5.74, 6) is 1.53. The molecule has 0 bridgehead atoms. The first-order valence-corrected chi connectivity index (χ1v) is 8.12. The van der Waals surface area contributed by atoms with Crippen molar-refractivity contribution in [3.8, 4) is 5.75 Å². The third-order valence-corrected chi connectivity index (χ3v) is 4.69. The van der Waals surface area contributed by atoms with E-state index in [0.717, 1.165) is 42.6 Å². The van der Waals surface area contributed by atoms with E-state index in [0.29, 0.717) is 12.3 Å². The minimum absolute atomic E-state index is 0.0843. The first kappa shape index (κ1) is 15.0. The van der Waals surface area contributed by atoms with Gasteiger partial charge in [0.25, 0.3) is 5.69 Å². The standard InChI is InChI=1S/C18H18N2O4/c21-20(22)15-6-7-17-13(11-15)10-14-4-1-2-8-18(14,24-17)19-12-16-5-3-9-23-16/h3,5-7,9-11,19H,1-2,4,8,12H2. The number of benzene rings is 1. The molecule has 1 aliphatic carbocycles. The van der Waals surface area contributed by atoms with Gasteiger partial charge in [-0.15, -0.1) is 0 Å². The van der Waals surface area contributed by atoms with Gasteiger partial charge < -0.3 is 9.15 Å². The first-order valence-electron chi connectivity index (χ1n) is 8.12. The zero-order valence-electron chi connectivity index (χ0n) is 13.2. The van der Waals surface area contributed by atoms with Crippen LogP contribution in [0, 0.1) is 10.1 Å². The van der Waals surface area contributed by atoms with Crippen LogP contribution in [0.5, 0.6) is 5.75 Å². The molecule has 0 radical (unpaired) electrons. The van der Waals surface area contributed by atoms with E-state index in [1.165, 1.54) is 6.07 Å².